The van der Waals surface area contributed by atoms with Crippen molar-refractivity contribution in [2.45, 2.75) is 51.4 Å². The van der Waals surface area contributed by atoms with Crippen LogP contribution in [-0.4, -0.2) is 0 Å². The molecule has 0 aromatic heterocycles. The van der Waals surface area contributed by atoms with E-state index >= 15 is 0 Å². The third-order valence-corrected chi connectivity index (χ3v) is 4.76. The van der Waals surface area contributed by atoms with E-state index in [1.807, 2.05) is 0 Å². The average Bonchev–Trinajstić information content (AvgIpc) is 2.13. The molecule has 88 valence electrons. The lowest BCUT2D eigenvalue weighted by atomic mass is 9.44. The lowest BCUT2D eigenvalue weighted by Crippen LogP contribution is -2.52. The van der Waals surface area contributed by atoms with Gasteiger partial charge in [-0.1, -0.05) is 35.7 Å². The minimum Gasteiger partial charge on any atom is -0.197 e. The Labute approximate surface area is 103 Å². The Kier molecular flexibility index (Phi) is 2.14. The molecule has 0 atom stereocenters. The molecule has 3 rings (SSSR count). The summed E-state index contributed by atoms with van der Waals surface area (Å²) in [7, 11) is 0. The summed E-state index contributed by atoms with van der Waals surface area (Å²) in [5.74, 6) is 0. The number of hydrogen-bond donors (Lipinski definition) is 0. The van der Waals surface area contributed by atoms with Crippen LogP contribution in [0.3, 0.4) is 0 Å². The van der Waals surface area contributed by atoms with Gasteiger partial charge in [0.15, 0.2) is 0 Å². The summed E-state index contributed by atoms with van der Waals surface area (Å²) in [5.41, 5.74) is 4.20. The van der Waals surface area contributed by atoms with Gasteiger partial charge in [0, 0.05) is 0 Å². The molecule has 1 heteroatoms. The molecule has 0 amide bonds. The molecular formula is C16H19N. The molecule has 0 N–H and O–H groups in total. The van der Waals surface area contributed by atoms with E-state index in [0.717, 1.165) is 12.8 Å². The van der Waals surface area contributed by atoms with Gasteiger partial charge in [-0.2, -0.15) is 5.26 Å². The summed E-state index contributed by atoms with van der Waals surface area (Å²) < 4.78 is 0. The van der Waals surface area contributed by atoms with E-state index < -0.39 is 0 Å². The third kappa shape index (κ3) is 1.51. The van der Waals surface area contributed by atoms with Crippen molar-refractivity contribution in [3.05, 3.63) is 34.9 Å². The van der Waals surface area contributed by atoms with Crippen molar-refractivity contribution in [2.75, 3.05) is 0 Å². The third-order valence-electron chi connectivity index (χ3n) is 4.76. The Morgan fingerprint density at radius 2 is 1.65 bits per heavy atom. The highest BCUT2D eigenvalue weighted by Gasteiger charge is 2.58. The summed E-state index contributed by atoms with van der Waals surface area (Å²) >= 11 is 0. The summed E-state index contributed by atoms with van der Waals surface area (Å²) in [6.45, 7) is 4.25. The van der Waals surface area contributed by atoms with Crippen LogP contribution in [0.5, 0.6) is 0 Å². The Balaban J connectivity index is 1.94. The van der Waals surface area contributed by atoms with Gasteiger partial charge in [-0.15, -0.1) is 0 Å². The van der Waals surface area contributed by atoms with E-state index in [1.54, 1.807) is 0 Å². The molecule has 2 aliphatic carbocycles. The van der Waals surface area contributed by atoms with Crippen LogP contribution in [0.2, 0.25) is 0 Å². The summed E-state index contributed by atoms with van der Waals surface area (Å²) in [5, 5.41) is 9.57. The van der Waals surface area contributed by atoms with Gasteiger partial charge in [0.05, 0.1) is 11.5 Å². The zero-order chi connectivity index (χ0) is 12.1. The Morgan fingerprint density at radius 3 is 2.06 bits per heavy atom. The molecule has 0 aliphatic heterocycles. The average molecular weight is 225 g/mol. The van der Waals surface area contributed by atoms with Crippen molar-refractivity contribution in [3.63, 3.8) is 0 Å². The Morgan fingerprint density at radius 1 is 1.06 bits per heavy atom. The monoisotopic (exact) mass is 225 g/mol. The lowest BCUT2D eigenvalue weighted by Gasteiger charge is -2.58. The van der Waals surface area contributed by atoms with E-state index in [1.165, 1.54) is 36.0 Å². The van der Waals surface area contributed by atoms with Gasteiger partial charge in [0.1, 0.15) is 0 Å². The van der Waals surface area contributed by atoms with Crippen LogP contribution in [0.4, 0.5) is 0 Å². The van der Waals surface area contributed by atoms with Gasteiger partial charge in [0.25, 0.3) is 0 Å². The molecule has 0 unspecified atom stereocenters. The van der Waals surface area contributed by atoms with Gasteiger partial charge in [-0.3, -0.25) is 0 Å². The molecule has 2 saturated carbocycles. The number of aryl methyl sites for hydroxylation is 2. The molecule has 1 aromatic carbocycles. The summed E-state index contributed by atoms with van der Waals surface area (Å²) in [6.07, 6.45) is 6.26. The van der Waals surface area contributed by atoms with E-state index in [0.29, 0.717) is 5.41 Å². The van der Waals surface area contributed by atoms with Crippen molar-refractivity contribution in [2.24, 2.45) is 5.41 Å². The van der Waals surface area contributed by atoms with Crippen LogP contribution in [0.25, 0.3) is 0 Å². The largest absolute Gasteiger partial charge is 0.197 e. The zero-order valence-electron chi connectivity index (χ0n) is 10.7. The predicted molar refractivity (Wildman–Crippen MR) is 68.7 cm³/mol. The van der Waals surface area contributed by atoms with Gasteiger partial charge >= 0.3 is 0 Å². The molecular weight excluding hydrogens is 206 g/mol. The summed E-state index contributed by atoms with van der Waals surface area (Å²) in [4.78, 5) is 0. The molecule has 1 spiro atoms. The second kappa shape index (κ2) is 3.35. The summed E-state index contributed by atoms with van der Waals surface area (Å²) in [6, 6.07) is 9.22. The van der Waals surface area contributed by atoms with Crippen molar-refractivity contribution in [1.29, 1.82) is 5.26 Å². The number of hydrogen-bond acceptors (Lipinski definition) is 1. The van der Waals surface area contributed by atoms with Crippen LogP contribution in [0.15, 0.2) is 18.2 Å². The molecule has 0 radical (unpaired) electrons. The minimum atomic E-state index is -0.169. The van der Waals surface area contributed by atoms with Crippen LogP contribution < -0.4 is 0 Å². The van der Waals surface area contributed by atoms with Crippen molar-refractivity contribution in [1.82, 2.24) is 0 Å². The quantitative estimate of drug-likeness (QED) is 0.708. The van der Waals surface area contributed by atoms with Crippen molar-refractivity contribution in [3.8, 4) is 6.07 Å². The minimum absolute atomic E-state index is 0.169. The fourth-order valence-corrected chi connectivity index (χ4v) is 3.86. The molecule has 17 heavy (non-hydrogen) atoms. The molecule has 1 aromatic rings. The van der Waals surface area contributed by atoms with Crippen molar-refractivity contribution >= 4 is 0 Å². The normalized spacial score (nSPS) is 23.6. The van der Waals surface area contributed by atoms with Gasteiger partial charge in [0.2, 0.25) is 0 Å². The topological polar surface area (TPSA) is 23.8 Å². The maximum Gasteiger partial charge on any atom is 0.0833 e. The molecule has 0 bridgehead atoms. The van der Waals surface area contributed by atoms with Gasteiger partial charge < -0.3 is 0 Å². The zero-order valence-corrected chi connectivity index (χ0v) is 10.7. The highest BCUT2D eigenvalue weighted by molar-refractivity contribution is 5.42. The second-order valence-electron chi connectivity index (χ2n) is 6.28. The Hall–Kier alpha value is -1.29. The standard InChI is InChI=1S/C16H19N/c1-12-6-13(2)8-14(7-12)16(11-17)9-15(10-16)4-3-5-15/h6-8H,3-5,9-10H2,1-2H3. The van der Waals surface area contributed by atoms with Crippen LogP contribution in [0, 0.1) is 30.6 Å². The number of benzene rings is 1. The maximum absolute atomic E-state index is 9.57. The molecule has 1 nitrogen and oxygen atoms in total. The van der Waals surface area contributed by atoms with Crippen LogP contribution in [-0.2, 0) is 5.41 Å². The first-order valence-corrected chi connectivity index (χ1v) is 6.58. The SMILES string of the molecule is Cc1cc(C)cc(C2(C#N)CC3(CCC3)C2)c1. The maximum atomic E-state index is 9.57. The lowest BCUT2D eigenvalue weighted by molar-refractivity contribution is -0.0227. The number of nitriles is 1. The second-order valence-corrected chi connectivity index (χ2v) is 6.28. The van der Waals surface area contributed by atoms with Crippen LogP contribution >= 0.6 is 0 Å². The van der Waals surface area contributed by atoms with E-state index in [4.69, 9.17) is 0 Å². The van der Waals surface area contributed by atoms with Crippen molar-refractivity contribution < 1.29 is 0 Å². The van der Waals surface area contributed by atoms with E-state index in [9.17, 15) is 5.26 Å². The fourth-order valence-electron chi connectivity index (χ4n) is 3.86. The molecule has 2 fully saturated rings. The highest BCUT2D eigenvalue weighted by atomic mass is 14.6. The fraction of sp³-hybridized carbons (Fsp3) is 0.562. The molecule has 0 saturated heterocycles. The van der Waals surface area contributed by atoms with Gasteiger partial charge in [-0.25, -0.2) is 0 Å². The first-order chi connectivity index (χ1) is 8.07. The van der Waals surface area contributed by atoms with E-state index in [-0.39, 0.29) is 5.41 Å². The van der Waals surface area contributed by atoms with E-state index in [2.05, 4.69) is 38.1 Å². The number of rotatable bonds is 1. The first kappa shape index (κ1) is 10.8. The molecule has 2 aliphatic rings. The smallest absolute Gasteiger partial charge is 0.0833 e. The van der Waals surface area contributed by atoms with Gasteiger partial charge in [-0.05, 0) is 50.5 Å². The Bertz CT molecular complexity index is 474. The van der Waals surface area contributed by atoms with Crippen LogP contribution in [0.1, 0.15) is 48.8 Å². The predicted octanol–water partition coefficient (Wildman–Crippen LogP) is 4.03. The number of nitrogens with zero attached hydrogens (tertiary/aromatic N) is 1. The molecule has 0 heterocycles. The highest BCUT2D eigenvalue weighted by Crippen LogP contribution is 2.64. The first-order valence-electron chi connectivity index (χ1n) is 6.58.